The molecule has 2 aromatic carbocycles. The van der Waals surface area contributed by atoms with E-state index in [4.69, 9.17) is 11.6 Å². The third-order valence-corrected chi connectivity index (χ3v) is 9.45. The lowest BCUT2D eigenvalue weighted by Crippen LogP contribution is -2.17. The summed E-state index contributed by atoms with van der Waals surface area (Å²) in [4.78, 5) is 0. The van der Waals surface area contributed by atoms with E-state index in [1.807, 2.05) is 6.07 Å². The Morgan fingerprint density at radius 2 is 1.20 bits per heavy atom. The van der Waals surface area contributed by atoms with E-state index in [2.05, 4.69) is 31.2 Å². The van der Waals surface area contributed by atoms with Gasteiger partial charge in [-0.3, -0.25) is 0 Å². The van der Waals surface area contributed by atoms with E-state index in [1.165, 1.54) is 114 Å². The highest BCUT2D eigenvalue weighted by Crippen LogP contribution is 2.40. The molecule has 0 aromatic heterocycles. The molecule has 0 aliphatic heterocycles. The average molecular weight is 497 g/mol. The summed E-state index contributed by atoms with van der Waals surface area (Å²) >= 11 is 5.83. The molecule has 0 bridgehead atoms. The minimum absolute atomic E-state index is 0.183. The molecule has 0 amide bonds. The second-order valence-corrected chi connectivity index (χ2v) is 12.0. The van der Waals surface area contributed by atoms with E-state index >= 15 is 0 Å². The zero-order valence-electron chi connectivity index (χ0n) is 21.9. The summed E-state index contributed by atoms with van der Waals surface area (Å²) in [5.41, 5.74) is 3.40. The highest BCUT2D eigenvalue weighted by molar-refractivity contribution is 6.30. The van der Waals surface area contributed by atoms with E-state index < -0.39 is 0 Å². The van der Waals surface area contributed by atoms with Gasteiger partial charge in [-0.2, -0.15) is 0 Å². The molecule has 2 fully saturated rings. The Kier molecular flexibility index (Phi) is 10.6. The minimum atomic E-state index is -0.350. The van der Waals surface area contributed by atoms with Gasteiger partial charge in [0.1, 0.15) is 5.82 Å². The van der Waals surface area contributed by atoms with Crippen LogP contribution in [0.1, 0.15) is 121 Å². The van der Waals surface area contributed by atoms with Gasteiger partial charge in [-0.05, 0) is 78.2 Å². The van der Waals surface area contributed by atoms with Crippen molar-refractivity contribution in [2.45, 2.75) is 116 Å². The number of rotatable bonds is 11. The van der Waals surface area contributed by atoms with Gasteiger partial charge in [0.25, 0.3) is 0 Å². The molecule has 35 heavy (non-hydrogen) atoms. The van der Waals surface area contributed by atoms with Gasteiger partial charge < -0.3 is 0 Å². The third-order valence-electron chi connectivity index (χ3n) is 9.15. The van der Waals surface area contributed by atoms with Gasteiger partial charge in [0.05, 0.1) is 5.02 Å². The first kappa shape index (κ1) is 26.7. The summed E-state index contributed by atoms with van der Waals surface area (Å²) in [7, 11) is 0. The van der Waals surface area contributed by atoms with E-state index in [9.17, 15) is 4.39 Å². The first-order valence-electron chi connectivity index (χ1n) is 14.7. The second-order valence-electron chi connectivity index (χ2n) is 11.6. The lowest BCUT2D eigenvalue weighted by Gasteiger charge is -2.32. The minimum Gasteiger partial charge on any atom is -0.205 e. The van der Waals surface area contributed by atoms with Crippen LogP contribution in [0.3, 0.4) is 0 Å². The molecule has 0 saturated heterocycles. The Hall–Kier alpha value is -1.34. The monoisotopic (exact) mass is 496 g/mol. The highest BCUT2D eigenvalue weighted by atomic mass is 35.5. The Labute approximate surface area is 219 Å². The van der Waals surface area contributed by atoms with Crippen LogP contribution in [0.2, 0.25) is 5.02 Å². The summed E-state index contributed by atoms with van der Waals surface area (Å²) in [6.07, 6.45) is 23.0. The Balaban J connectivity index is 1.13. The molecule has 192 valence electrons. The first-order valence-corrected chi connectivity index (χ1v) is 15.1. The van der Waals surface area contributed by atoms with E-state index in [1.54, 1.807) is 6.07 Å². The number of hydrogen-bond donors (Lipinski definition) is 0. The normalized spacial score (nSPS) is 25.0. The Bertz CT molecular complexity index is 872. The van der Waals surface area contributed by atoms with Gasteiger partial charge in [-0.1, -0.05) is 126 Å². The molecular weight excluding hydrogens is 451 g/mol. The number of halogens is 2. The Morgan fingerprint density at radius 3 is 1.80 bits per heavy atom. The topological polar surface area (TPSA) is 0 Å². The summed E-state index contributed by atoms with van der Waals surface area (Å²) in [6.45, 7) is 2.31. The van der Waals surface area contributed by atoms with Crippen LogP contribution in [-0.4, -0.2) is 0 Å². The molecule has 2 heteroatoms. The number of benzene rings is 2. The fourth-order valence-corrected chi connectivity index (χ4v) is 6.84. The van der Waals surface area contributed by atoms with Crippen LogP contribution in [-0.2, 0) is 0 Å². The van der Waals surface area contributed by atoms with E-state index in [0.717, 1.165) is 28.9 Å². The largest absolute Gasteiger partial charge is 0.205 e. The fourth-order valence-electron chi connectivity index (χ4n) is 6.72. The van der Waals surface area contributed by atoms with Crippen LogP contribution in [0.4, 0.5) is 4.39 Å². The molecule has 0 N–H and O–H groups in total. The van der Waals surface area contributed by atoms with Crippen molar-refractivity contribution in [2.75, 3.05) is 0 Å². The molecule has 2 aromatic rings. The van der Waals surface area contributed by atoms with Crippen molar-refractivity contribution in [2.24, 2.45) is 17.8 Å². The number of unbranched alkanes of at least 4 members (excludes halogenated alkanes) is 4. The summed E-state index contributed by atoms with van der Waals surface area (Å²) in [5.74, 6) is 3.33. The second kappa shape index (κ2) is 13.8. The van der Waals surface area contributed by atoms with Gasteiger partial charge in [-0.15, -0.1) is 0 Å². The van der Waals surface area contributed by atoms with Crippen molar-refractivity contribution in [3.8, 4) is 11.1 Å². The predicted octanol–water partition coefficient (Wildman–Crippen LogP) is 11.4. The fraction of sp³-hybridized carbons (Fsp3) is 0.636. The average Bonchev–Trinajstić information content (AvgIpc) is 2.90. The predicted molar refractivity (Wildman–Crippen MR) is 150 cm³/mol. The van der Waals surface area contributed by atoms with Crippen molar-refractivity contribution in [3.05, 3.63) is 58.9 Å². The standard InChI is InChI=1S/C33H46ClF/c1-2-3-4-5-6-7-25-8-10-26(11-9-25)12-13-27-14-16-28(17-15-27)29-18-20-30(21-19-29)31-22-23-32(34)33(35)24-31/h18-28H,2-17H2,1H3. The molecule has 0 atom stereocenters. The maximum Gasteiger partial charge on any atom is 0.142 e. The van der Waals surface area contributed by atoms with Crippen molar-refractivity contribution in [1.82, 2.24) is 0 Å². The number of hydrogen-bond acceptors (Lipinski definition) is 0. The zero-order valence-corrected chi connectivity index (χ0v) is 22.7. The van der Waals surface area contributed by atoms with Crippen LogP contribution >= 0.6 is 11.6 Å². The summed E-state index contributed by atoms with van der Waals surface area (Å²) < 4.78 is 13.8. The van der Waals surface area contributed by atoms with Gasteiger partial charge in [0, 0.05) is 0 Å². The quantitative estimate of drug-likeness (QED) is 0.271. The van der Waals surface area contributed by atoms with Gasteiger partial charge in [-0.25, -0.2) is 4.39 Å². The molecule has 2 aliphatic rings. The van der Waals surface area contributed by atoms with Gasteiger partial charge in [0.15, 0.2) is 0 Å². The van der Waals surface area contributed by atoms with E-state index in [-0.39, 0.29) is 10.8 Å². The van der Waals surface area contributed by atoms with Crippen molar-refractivity contribution >= 4 is 11.6 Å². The smallest absolute Gasteiger partial charge is 0.142 e. The van der Waals surface area contributed by atoms with Crippen LogP contribution < -0.4 is 0 Å². The molecular formula is C33H46ClF. The molecule has 4 rings (SSSR count). The van der Waals surface area contributed by atoms with Gasteiger partial charge in [0.2, 0.25) is 0 Å². The molecule has 0 heterocycles. The van der Waals surface area contributed by atoms with Crippen LogP contribution in [0, 0.1) is 23.6 Å². The van der Waals surface area contributed by atoms with Crippen LogP contribution in [0.25, 0.3) is 11.1 Å². The molecule has 0 nitrogen and oxygen atoms in total. The molecule has 2 saturated carbocycles. The zero-order chi connectivity index (χ0) is 24.5. The van der Waals surface area contributed by atoms with Crippen molar-refractivity contribution < 1.29 is 4.39 Å². The van der Waals surface area contributed by atoms with Crippen molar-refractivity contribution in [1.29, 1.82) is 0 Å². The van der Waals surface area contributed by atoms with Crippen LogP contribution in [0.5, 0.6) is 0 Å². The molecule has 0 spiro atoms. The molecule has 0 radical (unpaired) electrons. The lowest BCUT2D eigenvalue weighted by molar-refractivity contribution is 0.222. The lowest BCUT2D eigenvalue weighted by atomic mass is 9.74. The maximum absolute atomic E-state index is 13.8. The van der Waals surface area contributed by atoms with Gasteiger partial charge >= 0.3 is 0 Å². The molecule has 0 unspecified atom stereocenters. The molecule has 2 aliphatic carbocycles. The highest BCUT2D eigenvalue weighted by Gasteiger charge is 2.25. The first-order chi connectivity index (χ1) is 17.1. The van der Waals surface area contributed by atoms with E-state index in [0.29, 0.717) is 5.92 Å². The summed E-state index contributed by atoms with van der Waals surface area (Å²) in [5, 5.41) is 0.183. The van der Waals surface area contributed by atoms with Crippen LogP contribution in [0.15, 0.2) is 42.5 Å². The van der Waals surface area contributed by atoms with Crippen molar-refractivity contribution in [3.63, 3.8) is 0 Å². The third kappa shape index (κ3) is 8.08. The Morgan fingerprint density at radius 1 is 0.657 bits per heavy atom. The SMILES string of the molecule is CCCCCCCC1CCC(CCC2CCC(c3ccc(-c4ccc(Cl)c(F)c4)cc3)CC2)CC1. The summed E-state index contributed by atoms with van der Waals surface area (Å²) in [6, 6.07) is 13.9. The maximum atomic E-state index is 13.8.